The first-order valence-corrected chi connectivity index (χ1v) is 5.07. The van der Waals surface area contributed by atoms with E-state index in [1.807, 2.05) is 17.5 Å². The van der Waals surface area contributed by atoms with Gasteiger partial charge in [0.05, 0.1) is 12.6 Å². The van der Waals surface area contributed by atoms with Crippen molar-refractivity contribution < 1.29 is 9.59 Å². The van der Waals surface area contributed by atoms with Crippen LogP contribution in [0, 0.1) is 11.3 Å². The van der Waals surface area contributed by atoms with Gasteiger partial charge < -0.3 is 10.6 Å². The van der Waals surface area contributed by atoms with Crippen LogP contribution in [0.3, 0.4) is 0 Å². The number of nitriles is 1. The van der Waals surface area contributed by atoms with Crippen molar-refractivity contribution in [3.8, 4) is 6.07 Å². The molecule has 1 rings (SSSR count). The van der Waals surface area contributed by atoms with Crippen molar-refractivity contribution in [1.29, 1.82) is 5.26 Å². The zero-order chi connectivity index (χ0) is 11.1. The molecular weight excluding hydrogens is 214 g/mol. The highest BCUT2D eigenvalue weighted by Crippen LogP contribution is 2.06. The highest BCUT2D eigenvalue weighted by Gasteiger charge is 2.11. The molecule has 0 aliphatic carbocycles. The van der Waals surface area contributed by atoms with Crippen LogP contribution < -0.4 is 10.6 Å². The number of carbonyl (C=O) groups is 2. The summed E-state index contributed by atoms with van der Waals surface area (Å²) in [6, 6.07) is 5.44. The van der Waals surface area contributed by atoms with Crippen LogP contribution in [-0.4, -0.2) is 18.4 Å². The SMILES string of the molecule is N#CCNC(=O)C(=O)NCc1cccs1. The van der Waals surface area contributed by atoms with Crippen molar-refractivity contribution in [3.05, 3.63) is 22.4 Å². The van der Waals surface area contributed by atoms with E-state index in [0.717, 1.165) is 4.88 Å². The number of hydrogen-bond donors (Lipinski definition) is 2. The quantitative estimate of drug-likeness (QED) is 0.559. The monoisotopic (exact) mass is 223 g/mol. The zero-order valence-electron chi connectivity index (χ0n) is 7.82. The molecule has 6 heteroatoms. The molecule has 1 aromatic heterocycles. The van der Waals surface area contributed by atoms with Crippen LogP contribution >= 0.6 is 11.3 Å². The first-order chi connectivity index (χ1) is 7.24. The molecule has 0 aliphatic rings. The van der Waals surface area contributed by atoms with Gasteiger partial charge in [0.25, 0.3) is 0 Å². The molecule has 1 heterocycles. The van der Waals surface area contributed by atoms with E-state index in [-0.39, 0.29) is 6.54 Å². The number of nitrogens with zero attached hydrogens (tertiary/aromatic N) is 1. The molecule has 0 atom stereocenters. The zero-order valence-corrected chi connectivity index (χ0v) is 8.63. The minimum absolute atomic E-state index is 0.161. The maximum Gasteiger partial charge on any atom is 0.310 e. The van der Waals surface area contributed by atoms with E-state index in [4.69, 9.17) is 5.26 Å². The van der Waals surface area contributed by atoms with E-state index in [0.29, 0.717) is 6.54 Å². The van der Waals surface area contributed by atoms with Crippen molar-refractivity contribution in [1.82, 2.24) is 10.6 Å². The molecule has 0 aromatic carbocycles. The first-order valence-electron chi connectivity index (χ1n) is 4.19. The van der Waals surface area contributed by atoms with Gasteiger partial charge in [0.1, 0.15) is 6.54 Å². The first kappa shape index (κ1) is 11.2. The summed E-state index contributed by atoms with van der Waals surface area (Å²) in [5.74, 6) is -1.51. The normalized spacial score (nSPS) is 9.00. The largest absolute Gasteiger partial charge is 0.343 e. The van der Waals surface area contributed by atoms with E-state index in [1.54, 1.807) is 6.07 Å². The molecule has 0 bridgehead atoms. The van der Waals surface area contributed by atoms with Crippen molar-refractivity contribution in [2.24, 2.45) is 0 Å². The molecule has 0 fully saturated rings. The van der Waals surface area contributed by atoms with Crippen LogP contribution in [0.4, 0.5) is 0 Å². The standard InChI is InChI=1S/C9H9N3O2S/c10-3-4-11-8(13)9(14)12-6-7-2-1-5-15-7/h1-2,5H,4,6H2,(H,11,13)(H,12,14). The number of thiophene rings is 1. The molecule has 0 saturated carbocycles. The lowest BCUT2D eigenvalue weighted by molar-refractivity contribution is -0.139. The van der Waals surface area contributed by atoms with Gasteiger partial charge in [-0.2, -0.15) is 5.26 Å². The van der Waals surface area contributed by atoms with Gasteiger partial charge >= 0.3 is 11.8 Å². The third-order valence-corrected chi connectivity index (χ3v) is 2.41. The Bertz CT molecular complexity index is 381. The second kappa shape index (κ2) is 5.78. The van der Waals surface area contributed by atoms with Gasteiger partial charge in [-0.05, 0) is 11.4 Å². The number of hydrogen-bond acceptors (Lipinski definition) is 4. The Kier molecular flexibility index (Phi) is 4.31. The molecule has 0 spiro atoms. The summed E-state index contributed by atoms with van der Waals surface area (Å²) in [6.45, 7) is 0.168. The average molecular weight is 223 g/mol. The summed E-state index contributed by atoms with van der Waals surface area (Å²) in [6.07, 6.45) is 0. The van der Waals surface area contributed by atoms with Crippen LogP contribution in [0.5, 0.6) is 0 Å². The van der Waals surface area contributed by atoms with Gasteiger partial charge in [-0.15, -0.1) is 11.3 Å². The summed E-state index contributed by atoms with van der Waals surface area (Å²) in [5, 5.41) is 14.7. The van der Waals surface area contributed by atoms with Crippen LogP contribution in [0.1, 0.15) is 4.88 Å². The third kappa shape index (κ3) is 3.79. The minimum Gasteiger partial charge on any atom is -0.343 e. The van der Waals surface area contributed by atoms with Crippen molar-refractivity contribution in [2.45, 2.75) is 6.54 Å². The fourth-order valence-electron chi connectivity index (χ4n) is 0.861. The lowest BCUT2D eigenvalue weighted by atomic mass is 10.4. The van der Waals surface area contributed by atoms with Gasteiger partial charge in [0.15, 0.2) is 0 Å². The molecule has 5 nitrogen and oxygen atoms in total. The second-order valence-corrected chi connectivity index (χ2v) is 3.64. The summed E-state index contributed by atoms with van der Waals surface area (Å²) in [5.41, 5.74) is 0. The number of carbonyl (C=O) groups excluding carboxylic acids is 2. The Morgan fingerprint density at radius 3 is 2.73 bits per heavy atom. The maximum atomic E-state index is 11.1. The Hall–Kier alpha value is -1.87. The third-order valence-electron chi connectivity index (χ3n) is 1.54. The molecule has 1 aromatic rings. The van der Waals surface area contributed by atoms with E-state index >= 15 is 0 Å². The molecular formula is C9H9N3O2S. The van der Waals surface area contributed by atoms with E-state index < -0.39 is 11.8 Å². The highest BCUT2D eigenvalue weighted by atomic mass is 32.1. The Morgan fingerprint density at radius 2 is 2.13 bits per heavy atom. The van der Waals surface area contributed by atoms with Crippen molar-refractivity contribution in [2.75, 3.05) is 6.54 Å². The van der Waals surface area contributed by atoms with Gasteiger partial charge in [-0.1, -0.05) is 6.07 Å². The molecule has 2 amide bonds. The van der Waals surface area contributed by atoms with E-state index in [1.165, 1.54) is 11.3 Å². The lowest BCUT2D eigenvalue weighted by Crippen LogP contribution is -2.39. The van der Waals surface area contributed by atoms with Crippen molar-refractivity contribution in [3.63, 3.8) is 0 Å². The van der Waals surface area contributed by atoms with Gasteiger partial charge in [-0.3, -0.25) is 9.59 Å². The Labute approximate surface area is 90.7 Å². The summed E-state index contributed by atoms with van der Waals surface area (Å²) in [4.78, 5) is 23.1. The molecule has 0 saturated heterocycles. The number of nitrogens with one attached hydrogen (secondary N) is 2. The van der Waals surface area contributed by atoms with Crippen LogP contribution in [0.25, 0.3) is 0 Å². The van der Waals surface area contributed by atoms with Crippen LogP contribution in [0.15, 0.2) is 17.5 Å². The van der Waals surface area contributed by atoms with Gasteiger partial charge in [-0.25, -0.2) is 0 Å². The fraction of sp³-hybridized carbons (Fsp3) is 0.222. The molecule has 0 radical (unpaired) electrons. The molecule has 15 heavy (non-hydrogen) atoms. The average Bonchev–Trinajstić information content (AvgIpc) is 2.75. The lowest BCUT2D eigenvalue weighted by Gasteiger charge is -2.02. The summed E-state index contributed by atoms with van der Waals surface area (Å²) >= 11 is 1.50. The Balaban J connectivity index is 2.30. The summed E-state index contributed by atoms with van der Waals surface area (Å²) < 4.78 is 0. The minimum atomic E-state index is -0.784. The topological polar surface area (TPSA) is 82.0 Å². The highest BCUT2D eigenvalue weighted by molar-refractivity contribution is 7.09. The van der Waals surface area contributed by atoms with E-state index in [2.05, 4.69) is 10.6 Å². The van der Waals surface area contributed by atoms with Crippen LogP contribution in [0.2, 0.25) is 0 Å². The number of amides is 2. The molecule has 78 valence electrons. The van der Waals surface area contributed by atoms with Gasteiger partial charge in [0.2, 0.25) is 0 Å². The number of rotatable bonds is 3. The predicted octanol–water partition coefficient (Wildman–Crippen LogP) is 0.00408. The van der Waals surface area contributed by atoms with E-state index in [9.17, 15) is 9.59 Å². The summed E-state index contributed by atoms with van der Waals surface area (Å²) in [7, 11) is 0. The fourth-order valence-corrected chi connectivity index (χ4v) is 1.51. The maximum absolute atomic E-state index is 11.1. The van der Waals surface area contributed by atoms with Crippen molar-refractivity contribution >= 4 is 23.2 Å². The molecule has 0 aliphatic heterocycles. The molecule has 2 N–H and O–H groups in total. The van der Waals surface area contributed by atoms with Gasteiger partial charge in [0, 0.05) is 4.88 Å². The predicted molar refractivity (Wildman–Crippen MR) is 54.8 cm³/mol. The Morgan fingerprint density at radius 1 is 1.40 bits per heavy atom. The second-order valence-electron chi connectivity index (χ2n) is 2.60. The smallest absolute Gasteiger partial charge is 0.310 e. The molecule has 0 unspecified atom stereocenters. The van der Waals surface area contributed by atoms with Crippen LogP contribution in [-0.2, 0) is 16.1 Å².